The van der Waals surface area contributed by atoms with Crippen molar-refractivity contribution < 1.29 is 33.3 Å². The molecule has 0 aliphatic heterocycles. The van der Waals surface area contributed by atoms with Gasteiger partial charge in [-0.2, -0.15) is 0 Å². The number of esters is 2. The third kappa shape index (κ3) is 6.46. The van der Waals surface area contributed by atoms with Crippen LogP contribution >= 0.6 is 11.6 Å². The summed E-state index contributed by atoms with van der Waals surface area (Å²) >= 11 is 6.36. The number of para-hydroxylation sites is 1. The number of halogens is 1. The minimum atomic E-state index is -0.778. The molecule has 8 heteroatoms. The van der Waals surface area contributed by atoms with Crippen molar-refractivity contribution in [2.24, 2.45) is 5.41 Å². The molecule has 0 spiro atoms. The van der Waals surface area contributed by atoms with Crippen LogP contribution in [0.15, 0.2) is 42.5 Å². The quantitative estimate of drug-likeness (QED) is 0.202. The molecule has 0 N–H and O–H groups in total. The van der Waals surface area contributed by atoms with Gasteiger partial charge in [-0.1, -0.05) is 37.6 Å². The molecule has 3 aromatic carbocycles. The average Bonchev–Trinajstić information content (AvgIpc) is 2.87. The number of benzene rings is 3. The number of carbonyl (C=O) groups excluding carboxylic acids is 2. The first-order valence-corrected chi connectivity index (χ1v) is 12.6. The lowest BCUT2D eigenvalue weighted by Crippen LogP contribution is -2.26. The molecule has 0 aliphatic rings. The lowest BCUT2D eigenvalue weighted by Gasteiger charge is -2.23. The average molecular weight is 529 g/mol. The molecule has 0 saturated carbocycles. The van der Waals surface area contributed by atoms with E-state index >= 15 is 0 Å². The molecule has 198 valence electrons. The Labute approximate surface area is 222 Å². The molecule has 0 bridgehead atoms. The predicted octanol–water partition coefficient (Wildman–Crippen LogP) is 7.25. The Kier molecular flexibility index (Phi) is 9.27. The Morgan fingerprint density at radius 3 is 1.97 bits per heavy atom. The lowest BCUT2D eigenvalue weighted by atomic mass is 9.97. The fraction of sp³-hybridized carbons (Fsp3) is 0.379. The van der Waals surface area contributed by atoms with Gasteiger partial charge >= 0.3 is 11.9 Å². The van der Waals surface area contributed by atoms with Gasteiger partial charge in [0.1, 0.15) is 11.3 Å². The van der Waals surface area contributed by atoms with Crippen LogP contribution < -0.4 is 23.7 Å². The number of hydrogen-bond donors (Lipinski definition) is 0. The zero-order valence-corrected chi connectivity index (χ0v) is 22.9. The van der Waals surface area contributed by atoms with E-state index in [1.807, 2.05) is 13.8 Å². The summed E-state index contributed by atoms with van der Waals surface area (Å²) in [7, 11) is 1.48. The summed E-state index contributed by atoms with van der Waals surface area (Å²) in [6, 6.07) is 11.8. The highest BCUT2D eigenvalue weighted by Crippen LogP contribution is 2.52. The summed E-state index contributed by atoms with van der Waals surface area (Å²) in [6.45, 7) is 9.82. The third-order valence-corrected chi connectivity index (χ3v) is 5.55. The zero-order chi connectivity index (χ0) is 27.2. The fourth-order valence-corrected chi connectivity index (χ4v) is 3.61. The van der Waals surface area contributed by atoms with Gasteiger partial charge in [-0.3, -0.25) is 4.79 Å². The van der Waals surface area contributed by atoms with E-state index in [0.717, 1.165) is 0 Å². The van der Waals surface area contributed by atoms with Crippen molar-refractivity contribution in [3.05, 3.63) is 53.1 Å². The summed E-state index contributed by atoms with van der Waals surface area (Å²) < 4.78 is 29.4. The van der Waals surface area contributed by atoms with E-state index in [-0.39, 0.29) is 28.6 Å². The first-order chi connectivity index (χ1) is 17.6. The van der Waals surface area contributed by atoms with Gasteiger partial charge in [0.2, 0.25) is 11.5 Å². The summed E-state index contributed by atoms with van der Waals surface area (Å²) in [5.41, 5.74) is -0.541. The molecule has 0 radical (unpaired) electrons. The monoisotopic (exact) mass is 528 g/mol. The normalized spacial score (nSPS) is 11.2. The minimum absolute atomic E-state index is 0.114. The van der Waals surface area contributed by atoms with Crippen molar-refractivity contribution >= 4 is 34.3 Å². The number of hydrogen-bond acceptors (Lipinski definition) is 7. The maximum absolute atomic E-state index is 13.4. The van der Waals surface area contributed by atoms with Crippen LogP contribution in [0.3, 0.4) is 0 Å². The summed E-state index contributed by atoms with van der Waals surface area (Å²) in [5.74, 6) is -0.0994. The van der Waals surface area contributed by atoms with Gasteiger partial charge in [-0.05, 0) is 63.9 Å². The van der Waals surface area contributed by atoms with Crippen LogP contribution in [0.4, 0.5) is 0 Å². The number of methoxy groups -OCH3 is 1. The molecular formula is C29H33ClO7. The molecule has 0 fully saturated rings. The molecule has 0 heterocycles. The molecule has 0 unspecified atom stereocenters. The van der Waals surface area contributed by atoms with E-state index in [0.29, 0.717) is 47.6 Å². The molecule has 0 atom stereocenters. The Hall–Kier alpha value is -3.45. The highest BCUT2D eigenvalue weighted by Gasteiger charge is 2.31. The Balaban J connectivity index is 2.32. The van der Waals surface area contributed by atoms with Crippen LogP contribution in [0, 0.1) is 5.41 Å². The third-order valence-electron chi connectivity index (χ3n) is 5.32. The van der Waals surface area contributed by atoms with Crippen LogP contribution in [0.2, 0.25) is 5.02 Å². The molecule has 3 aromatic rings. The smallest absolute Gasteiger partial charge is 0.347 e. The van der Waals surface area contributed by atoms with Crippen LogP contribution in [-0.4, -0.2) is 32.3 Å². The predicted molar refractivity (Wildman–Crippen MR) is 144 cm³/mol. The van der Waals surface area contributed by atoms with Crippen molar-refractivity contribution in [2.75, 3.05) is 20.3 Å². The van der Waals surface area contributed by atoms with Gasteiger partial charge in [0.25, 0.3) is 0 Å². The number of ether oxygens (including phenoxy) is 5. The molecule has 7 nitrogen and oxygen atoms in total. The zero-order valence-electron chi connectivity index (χ0n) is 22.1. The molecule has 37 heavy (non-hydrogen) atoms. The van der Waals surface area contributed by atoms with Gasteiger partial charge < -0.3 is 23.7 Å². The molecule has 0 aliphatic carbocycles. The van der Waals surface area contributed by atoms with Gasteiger partial charge in [-0.25, -0.2) is 4.79 Å². The minimum Gasteiger partial charge on any atom is -0.496 e. The Morgan fingerprint density at radius 2 is 1.41 bits per heavy atom. The van der Waals surface area contributed by atoms with Crippen LogP contribution in [0.25, 0.3) is 10.8 Å². The molecule has 0 saturated heterocycles. The molecular weight excluding hydrogens is 496 g/mol. The Morgan fingerprint density at radius 1 is 0.811 bits per heavy atom. The van der Waals surface area contributed by atoms with E-state index < -0.39 is 17.4 Å². The van der Waals surface area contributed by atoms with Crippen molar-refractivity contribution in [1.29, 1.82) is 0 Å². The lowest BCUT2D eigenvalue weighted by molar-refractivity contribution is -0.143. The highest BCUT2D eigenvalue weighted by atomic mass is 35.5. The van der Waals surface area contributed by atoms with Crippen LogP contribution in [0.1, 0.15) is 57.8 Å². The van der Waals surface area contributed by atoms with Crippen LogP contribution in [-0.2, 0) is 4.79 Å². The van der Waals surface area contributed by atoms with E-state index in [9.17, 15) is 9.59 Å². The standard InChI is InChI=1S/C29H33ClO7/c1-7-15-34-25-23(37-28(32)29(3,4)5)19-14-13-18(30)17-21(19)24(26(25)35-16-8-2)36-27(31)20-11-9-10-12-22(20)33-6/h9-14,17H,7-8,15-16H2,1-6H3. The summed E-state index contributed by atoms with van der Waals surface area (Å²) in [4.78, 5) is 26.3. The molecule has 0 amide bonds. The second-order valence-corrected chi connectivity index (χ2v) is 9.87. The maximum Gasteiger partial charge on any atom is 0.347 e. The largest absolute Gasteiger partial charge is 0.496 e. The fourth-order valence-electron chi connectivity index (χ4n) is 3.43. The SMILES string of the molecule is CCCOc1c(OCCC)c(OC(=O)C(C)(C)C)c2ccc(Cl)cc2c1OC(=O)c1ccccc1OC. The number of carbonyl (C=O) groups is 2. The molecule has 3 rings (SSSR count). The van der Waals surface area contributed by atoms with E-state index in [1.54, 1.807) is 63.2 Å². The van der Waals surface area contributed by atoms with Crippen molar-refractivity contribution in [2.45, 2.75) is 47.5 Å². The van der Waals surface area contributed by atoms with Gasteiger partial charge in [0, 0.05) is 15.8 Å². The summed E-state index contributed by atoms with van der Waals surface area (Å²) in [6.07, 6.45) is 1.37. The van der Waals surface area contributed by atoms with Crippen molar-refractivity contribution in [3.8, 4) is 28.7 Å². The number of rotatable bonds is 10. The van der Waals surface area contributed by atoms with Crippen molar-refractivity contribution in [3.63, 3.8) is 0 Å². The van der Waals surface area contributed by atoms with Gasteiger partial charge in [-0.15, -0.1) is 0 Å². The maximum atomic E-state index is 13.4. The highest BCUT2D eigenvalue weighted by molar-refractivity contribution is 6.31. The van der Waals surface area contributed by atoms with Gasteiger partial charge in [0.15, 0.2) is 11.5 Å². The molecule has 0 aromatic heterocycles. The number of fused-ring (bicyclic) bond motifs is 1. The second-order valence-electron chi connectivity index (χ2n) is 9.43. The van der Waals surface area contributed by atoms with Crippen molar-refractivity contribution in [1.82, 2.24) is 0 Å². The van der Waals surface area contributed by atoms with E-state index in [2.05, 4.69) is 0 Å². The van der Waals surface area contributed by atoms with Crippen LogP contribution in [0.5, 0.6) is 28.7 Å². The van der Waals surface area contributed by atoms with E-state index in [1.165, 1.54) is 7.11 Å². The topological polar surface area (TPSA) is 80.3 Å². The Bertz CT molecular complexity index is 1280. The first-order valence-electron chi connectivity index (χ1n) is 12.2. The summed E-state index contributed by atoms with van der Waals surface area (Å²) in [5, 5.41) is 1.32. The second kappa shape index (κ2) is 12.2. The van der Waals surface area contributed by atoms with Gasteiger partial charge in [0.05, 0.1) is 25.7 Å². The first kappa shape index (κ1) is 28.1. The van der Waals surface area contributed by atoms with E-state index in [4.69, 9.17) is 35.3 Å².